The molecule has 1 N–H and O–H groups in total. The topological polar surface area (TPSA) is 37.3 Å². The molecule has 0 fully saturated rings. The maximum atomic E-state index is 13.8. The zero-order valence-electron chi connectivity index (χ0n) is 12.9. The molecule has 0 radical (unpaired) electrons. The van der Waals surface area contributed by atoms with Gasteiger partial charge in [-0.2, -0.15) is 0 Å². The van der Waals surface area contributed by atoms with E-state index >= 15 is 0 Å². The van der Waals surface area contributed by atoms with Crippen LogP contribution in [0.1, 0.15) is 25.8 Å². The first-order valence-electron chi connectivity index (χ1n) is 7.53. The van der Waals surface area contributed by atoms with Gasteiger partial charge >= 0.3 is 5.97 Å². The van der Waals surface area contributed by atoms with Crippen molar-refractivity contribution in [3.8, 4) is 11.1 Å². The molecule has 2 aromatic rings. The number of rotatable bonds is 6. The molecule has 0 amide bonds. The van der Waals surface area contributed by atoms with Crippen LogP contribution in [0.15, 0.2) is 48.5 Å². The second kappa shape index (κ2) is 7.21. The Morgan fingerprint density at radius 2 is 1.73 bits per heavy atom. The Labute approximate surface area is 130 Å². The van der Waals surface area contributed by atoms with Crippen LogP contribution >= 0.6 is 0 Å². The van der Waals surface area contributed by atoms with Gasteiger partial charge in [-0.25, -0.2) is 4.39 Å². The molecule has 0 aliphatic carbocycles. The van der Waals surface area contributed by atoms with E-state index in [9.17, 15) is 9.18 Å². The highest BCUT2D eigenvalue weighted by Gasteiger charge is 2.17. The molecule has 0 spiro atoms. The normalized spacial score (nSPS) is 12.4. The maximum Gasteiger partial charge on any atom is 0.303 e. The monoisotopic (exact) mass is 300 g/mol. The van der Waals surface area contributed by atoms with Crippen molar-refractivity contribution in [1.82, 2.24) is 0 Å². The van der Waals surface area contributed by atoms with Gasteiger partial charge in [0.05, 0.1) is 0 Å². The average Bonchev–Trinajstić information content (AvgIpc) is 2.47. The van der Waals surface area contributed by atoms with Crippen LogP contribution in [-0.4, -0.2) is 11.1 Å². The van der Waals surface area contributed by atoms with Crippen molar-refractivity contribution in [2.24, 2.45) is 11.8 Å². The van der Waals surface area contributed by atoms with Crippen molar-refractivity contribution in [3.63, 3.8) is 0 Å². The zero-order chi connectivity index (χ0) is 16.1. The van der Waals surface area contributed by atoms with Crippen molar-refractivity contribution in [2.75, 3.05) is 0 Å². The predicted molar refractivity (Wildman–Crippen MR) is 86.1 cm³/mol. The summed E-state index contributed by atoms with van der Waals surface area (Å²) in [4.78, 5) is 10.9. The SMILES string of the molecule is CC(C)C(CC(=O)O)Cc1ccc(-c2ccccc2F)cc1. The van der Waals surface area contributed by atoms with Crippen molar-refractivity contribution in [1.29, 1.82) is 0 Å². The summed E-state index contributed by atoms with van der Waals surface area (Å²) in [5.41, 5.74) is 2.50. The first-order valence-corrected chi connectivity index (χ1v) is 7.53. The van der Waals surface area contributed by atoms with Crippen molar-refractivity contribution >= 4 is 5.97 Å². The lowest BCUT2D eigenvalue weighted by Crippen LogP contribution is -2.16. The molecule has 1 atom stereocenters. The summed E-state index contributed by atoms with van der Waals surface area (Å²) >= 11 is 0. The van der Waals surface area contributed by atoms with Crippen LogP contribution < -0.4 is 0 Å². The standard InChI is InChI=1S/C19H21FO2/c1-13(2)16(12-19(21)22)11-14-7-9-15(10-8-14)17-5-3-4-6-18(17)20/h3-10,13,16H,11-12H2,1-2H3,(H,21,22). The Balaban J connectivity index is 2.15. The molecule has 0 saturated carbocycles. The van der Waals surface area contributed by atoms with Gasteiger partial charge in [-0.15, -0.1) is 0 Å². The van der Waals surface area contributed by atoms with E-state index in [0.717, 1.165) is 17.5 Å². The largest absolute Gasteiger partial charge is 0.481 e. The molecule has 2 nitrogen and oxygen atoms in total. The highest BCUT2D eigenvalue weighted by Crippen LogP contribution is 2.25. The second-order valence-corrected chi connectivity index (χ2v) is 5.98. The van der Waals surface area contributed by atoms with Crippen LogP contribution in [0.3, 0.4) is 0 Å². The molecular formula is C19H21FO2. The Morgan fingerprint density at radius 1 is 1.09 bits per heavy atom. The quantitative estimate of drug-likeness (QED) is 0.833. The molecule has 0 aliphatic heterocycles. The Hall–Kier alpha value is -2.16. The third kappa shape index (κ3) is 4.17. The van der Waals surface area contributed by atoms with E-state index in [-0.39, 0.29) is 18.2 Å². The van der Waals surface area contributed by atoms with Crippen molar-refractivity contribution < 1.29 is 14.3 Å². The van der Waals surface area contributed by atoms with Crippen LogP contribution in [0, 0.1) is 17.7 Å². The molecule has 0 heterocycles. The molecule has 116 valence electrons. The van der Waals surface area contributed by atoms with Crippen molar-refractivity contribution in [3.05, 3.63) is 59.9 Å². The number of benzene rings is 2. The molecular weight excluding hydrogens is 279 g/mol. The minimum Gasteiger partial charge on any atom is -0.481 e. The third-order valence-electron chi connectivity index (χ3n) is 4.02. The van der Waals surface area contributed by atoms with Gasteiger partial charge in [-0.3, -0.25) is 4.79 Å². The van der Waals surface area contributed by atoms with Gasteiger partial charge in [-0.1, -0.05) is 56.3 Å². The highest BCUT2D eigenvalue weighted by molar-refractivity contribution is 5.67. The van der Waals surface area contributed by atoms with Gasteiger partial charge in [-0.05, 0) is 35.4 Å². The number of hydrogen-bond donors (Lipinski definition) is 1. The number of carboxylic acid groups (broad SMARTS) is 1. The summed E-state index contributed by atoms with van der Waals surface area (Å²) in [6.45, 7) is 4.09. The van der Waals surface area contributed by atoms with E-state index in [2.05, 4.69) is 0 Å². The van der Waals surface area contributed by atoms with Gasteiger partial charge < -0.3 is 5.11 Å². The van der Waals surface area contributed by atoms with E-state index in [0.29, 0.717) is 11.5 Å². The fourth-order valence-electron chi connectivity index (χ4n) is 2.59. The molecule has 0 aromatic heterocycles. The van der Waals surface area contributed by atoms with E-state index in [1.165, 1.54) is 6.07 Å². The van der Waals surface area contributed by atoms with Crippen LogP contribution in [-0.2, 0) is 11.2 Å². The third-order valence-corrected chi connectivity index (χ3v) is 4.02. The Morgan fingerprint density at radius 3 is 2.27 bits per heavy atom. The van der Waals surface area contributed by atoms with Gasteiger partial charge in [0.15, 0.2) is 0 Å². The number of carbonyl (C=O) groups is 1. The molecule has 0 aliphatic rings. The minimum atomic E-state index is -0.762. The van der Waals surface area contributed by atoms with Crippen LogP contribution in [0.25, 0.3) is 11.1 Å². The van der Waals surface area contributed by atoms with E-state index < -0.39 is 5.97 Å². The number of halogens is 1. The number of hydrogen-bond acceptors (Lipinski definition) is 1. The van der Waals surface area contributed by atoms with Crippen LogP contribution in [0.4, 0.5) is 4.39 Å². The number of aliphatic carboxylic acids is 1. The zero-order valence-corrected chi connectivity index (χ0v) is 12.9. The lowest BCUT2D eigenvalue weighted by atomic mass is 9.86. The predicted octanol–water partition coefficient (Wildman–Crippen LogP) is 4.78. The van der Waals surface area contributed by atoms with Gasteiger partial charge in [0.25, 0.3) is 0 Å². The van der Waals surface area contributed by atoms with Crippen molar-refractivity contribution in [2.45, 2.75) is 26.7 Å². The fraction of sp³-hybridized carbons (Fsp3) is 0.316. The Kier molecular flexibility index (Phi) is 5.31. The minimum absolute atomic E-state index is 0.108. The van der Waals surface area contributed by atoms with Gasteiger partial charge in [0, 0.05) is 12.0 Å². The summed E-state index contributed by atoms with van der Waals surface area (Å²) in [5.74, 6) is -0.581. The average molecular weight is 300 g/mol. The molecule has 0 bridgehead atoms. The summed E-state index contributed by atoms with van der Waals surface area (Å²) < 4.78 is 13.8. The van der Waals surface area contributed by atoms with Gasteiger partial charge in [0.1, 0.15) is 5.82 Å². The summed E-state index contributed by atoms with van der Waals surface area (Å²) in [6.07, 6.45) is 0.897. The molecule has 3 heteroatoms. The lowest BCUT2D eigenvalue weighted by molar-refractivity contribution is -0.138. The first-order chi connectivity index (χ1) is 10.5. The highest BCUT2D eigenvalue weighted by atomic mass is 19.1. The fourth-order valence-corrected chi connectivity index (χ4v) is 2.59. The molecule has 2 aromatic carbocycles. The Bertz CT molecular complexity index is 632. The molecule has 22 heavy (non-hydrogen) atoms. The number of carboxylic acids is 1. The van der Waals surface area contributed by atoms with E-state index in [4.69, 9.17) is 5.11 Å². The van der Waals surface area contributed by atoms with E-state index in [1.54, 1.807) is 12.1 Å². The molecule has 0 saturated heterocycles. The summed E-state index contributed by atoms with van der Waals surface area (Å²) in [6, 6.07) is 14.4. The molecule has 1 unspecified atom stereocenters. The maximum absolute atomic E-state index is 13.8. The van der Waals surface area contributed by atoms with Crippen LogP contribution in [0.5, 0.6) is 0 Å². The summed E-state index contributed by atoms with van der Waals surface area (Å²) in [7, 11) is 0. The van der Waals surface area contributed by atoms with E-state index in [1.807, 2.05) is 44.2 Å². The van der Waals surface area contributed by atoms with Gasteiger partial charge in [0.2, 0.25) is 0 Å². The summed E-state index contributed by atoms with van der Waals surface area (Å²) in [5, 5.41) is 8.99. The first kappa shape index (κ1) is 16.2. The smallest absolute Gasteiger partial charge is 0.303 e. The molecule has 2 rings (SSSR count). The second-order valence-electron chi connectivity index (χ2n) is 5.98. The lowest BCUT2D eigenvalue weighted by Gasteiger charge is -2.19. The van der Waals surface area contributed by atoms with Crippen LogP contribution in [0.2, 0.25) is 0 Å².